The highest BCUT2D eigenvalue weighted by Crippen LogP contribution is 2.24. The van der Waals surface area contributed by atoms with E-state index in [0.717, 1.165) is 18.2 Å². The van der Waals surface area contributed by atoms with Crippen molar-refractivity contribution in [1.82, 2.24) is 14.5 Å². The summed E-state index contributed by atoms with van der Waals surface area (Å²) < 4.78 is 2.26. The molecule has 1 aromatic heterocycles. The Kier molecular flexibility index (Phi) is 2.46. The van der Waals surface area contributed by atoms with Gasteiger partial charge in [-0.15, -0.1) is 0 Å². The lowest BCUT2D eigenvalue weighted by Gasteiger charge is -2.14. The van der Waals surface area contributed by atoms with Gasteiger partial charge in [0.25, 0.3) is 0 Å². The molecule has 1 aliphatic heterocycles. The second-order valence-corrected chi connectivity index (χ2v) is 4.07. The van der Waals surface area contributed by atoms with Crippen LogP contribution in [0.5, 0.6) is 0 Å². The van der Waals surface area contributed by atoms with Crippen LogP contribution in [-0.4, -0.2) is 41.6 Å². The van der Waals surface area contributed by atoms with Gasteiger partial charge in [-0.25, -0.2) is 4.98 Å². The van der Waals surface area contributed by atoms with E-state index in [0.29, 0.717) is 6.04 Å². The average Bonchev–Trinajstić information content (AvgIpc) is 2.71. The van der Waals surface area contributed by atoms with Gasteiger partial charge in [0.2, 0.25) is 5.95 Å². The molecular formula is C10H18N4. The van der Waals surface area contributed by atoms with Gasteiger partial charge >= 0.3 is 0 Å². The molecule has 0 aliphatic carbocycles. The van der Waals surface area contributed by atoms with Crippen LogP contribution < -0.4 is 5.32 Å². The number of likely N-dealkylation sites (tertiary alicyclic amines) is 1. The minimum absolute atomic E-state index is 0.587. The molecule has 1 fully saturated rings. The average molecular weight is 194 g/mol. The number of aryl methyl sites for hydroxylation is 1. The van der Waals surface area contributed by atoms with Crippen LogP contribution in [0.4, 0.5) is 5.95 Å². The zero-order valence-corrected chi connectivity index (χ0v) is 9.12. The fraction of sp³-hybridized carbons (Fsp3) is 0.700. The Morgan fingerprint density at radius 1 is 1.57 bits per heavy atom. The monoisotopic (exact) mass is 194 g/mol. The van der Waals surface area contributed by atoms with E-state index in [9.17, 15) is 0 Å². The first-order valence-corrected chi connectivity index (χ1v) is 5.12. The highest BCUT2D eigenvalue weighted by molar-refractivity contribution is 5.28. The third-order valence-corrected chi connectivity index (χ3v) is 2.84. The third kappa shape index (κ3) is 1.62. The number of nitrogens with zero attached hydrogens (tertiary/aromatic N) is 3. The largest absolute Gasteiger partial charge is 0.359 e. The summed E-state index contributed by atoms with van der Waals surface area (Å²) in [7, 11) is 4.10. The van der Waals surface area contributed by atoms with Gasteiger partial charge in [0.15, 0.2) is 0 Å². The number of rotatable bonds is 2. The molecule has 1 saturated heterocycles. The van der Waals surface area contributed by atoms with Crippen LogP contribution in [0.25, 0.3) is 0 Å². The van der Waals surface area contributed by atoms with Gasteiger partial charge in [-0.05, 0) is 26.9 Å². The Labute approximate surface area is 84.9 Å². The van der Waals surface area contributed by atoms with Crippen LogP contribution in [0, 0.1) is 6.92 Å². The van der Waals surface area contributed by atoms with Gasteiger partial charge in [0, 0.05) is 19.8 Å². The lowest BCUT2D eigenvalue weighted by molar-refractivity contribution is 0.393. The predicted octanol–water partition coefficient (Wildman–Crippen LogP) is 1.11. The van der Waals surface area contributed by atoms with Crippen LogP contribution in [0.1, 0.15) is 18.2 Å². The molecule has 0 saturated carbocycles. The number of hydrogen-bond donors (Lipinski definition) is 1. The Bertz CT molecular complexity index is 318. The smallest absolute Gasteiger partial charge is 0.203 e. The molecule has 0 amide bonds. The summed E-state index contributed by atoms with van der Waals surface area (Å²) in [4.78, 5) is 6.79. The van der Waals surface area contributed by atoms with Crippen molar-refractivity contribution < 1.29 is 0 Å². The van der Waals surface area contributed by atoms with Gasteiger partial charge in [0.05, 0.1) is 11.7 Å². The van der Waals surface area contributed by atoms with E-state index in [1.165, 1.54) is 13.0 Å². The fourth-order valence-electron chi connectivity index (χ4n) is 2.12. The van der Waals surface area contributed by atoms with Gasteiger partial charge in [-0.3, -0.25) is 0 Å². The van der Waals surface area contributed by atoms with Crippen molar-refractivity contribution >= 4 is 5.95 Å². The molecular weight excluding hydrogens is 176 g/mol. The molecule has 1 N–H and O–H groups in total. The number of imidazole rings is 1. The van der Waals surface area contributed by atoms with Crippen LogP contribution in [0.15, 0.2) is 6.20 Å². The summed E-state index contributed by atoms with van der Waals surface area (Å²) >= 11 is 0. The maximum Gasteiger partial charge on any atom is 0.203 e. The molecule has 78 valence electrons. The molecule has 2 rings (SSSR count). The molecule has 0 bridgehead atoms. The molecule has 1 unspecified atom stereocenters. The second-order valence-electron chi connectivity index (χ2n) is 4.07. The van der Waals surface area contributed by atoms with Gasteiger partial charge < -0.3 is 14.8 Å². The number of nitrogens with one attached hydrogen (secondary N) is 1. The topological polar surface area (TPSA) is 33.1 Å². The highest BCUT2D eigenvalue weighted by Gasteiger charge is 2.22. The number of aromatic nitrogens is 2. The van der Waals surface area contributed by atoms with Crippen molar-refractivity contribution in [2.45, 2.75) is 19.4 Å². The maximum absolute atomic E-state index is 4.43. The van der Waals surface area contributed by atoms with Crippen LogP contribution in [0.2, 0.25) is 0 Å². The Hall–Kier alpha value is -1.03. The first-order chi connectivity index (χ1) is 6.70. The fourth-order valence-corrected chi connectivity index (χ4v) is 2.12. The summed E-state index contributed by atoms with van der Waals surface area (Å²) in [6, 6.07) is 0.587. The van der Waals surface area contributed by atoms with E-state index < -0.39 is 0 Å². The summed E-state index contributed by atoms with van der Waals surface area (Å²) in [6.07, 6.45) is 3.36. The summed E-state index contributed by atoms with van der Waals surface area (Å²) in [5.41, 5.74) is 1.09. The summed E-state index contributed by atoms with van der Waals surface area (Å²) in [6.45, 7) is 4.35. The Balaban J connectivity index is 2.22. The lowest BCUT2D eigenvalue weighted by Crippen LogP contribution is -2.17. The standard InChI is InChI=1S/C10H18N4/c1-8-6-14(10(11-2)12-8)9-4-5-13(3)7-9/h6,9H,4-5,7H2,1-3H3,(H,11,12). The van der Waals surface area contributed by atoms with Crippen molar-refractivity contribution in [3.05, 3.63) is 11.9 Å². The molecule has 14 heavy (non-hydrogen) atoms. The third-order valence-electron chi connectivity index (χ3n) is 2.84. The molecule has 0 radical (unpaired) electrons. The van der Waals surface area contributed by atoms with Gasteiger partial charge in [0.1, 0.15) is 0 Å². The summed E-state index contributed by atoms with van der Waals surface area (Å²) in [5.74, 6) is 0.989. The van der Waals surface area contributed by atoms with E-state index in [1.54, 1.807) is 0 Å². The molecule has 2 heterocycles. The van der Waals surface area contributed by atoms with E-state index >= 15 is 0 Å². The highest BCUT2D eigenvalue weighted by atomic mass is 15.3. The van der Waals surface area contributed by atoms with Crippen LogP contribution >= 0.6 is 0 Å². The number of likely N-dealkylation sites (N-methyl/N-ethyl adjacent to an activating group) is 1. The molecule has 1 atom stereocenters. The zero-order valence-electron chi connectivity index (χ0n) is 9.12. The van der Waals surface area contributed by atoms with Crippen molar-refractivity contribution in [2.75, 3.05) is 32.5 Å². The predicted molar refractivity (Wildman–Crippen MR) is 57.7 cm³/mol. The number of hydrogen-bond acceptors (Lipinski definition) is 3. The number of anilines is 1. The van der Waals surface area contributed by atoms with E-state index in [-0.39, 0.29) is 0 Å². The maximum atomic E-state index is 4.43. The van der Waals surface area contributed by atoms with Crippen molar-refractivity contribution in [3.8, 4) is 0 Å². The normalized spacial score (nSPS) is 22.9. The van der Waals surface area contributed by atoms with Crippen LogP contribution in [-0.2, 0) is 0 Å². The van der Waals surface area contributed by atoms with Crippen molar-refractivity contribution in [3.63, 3.8) is 0 Å². The molecule has 1 aromatic rings. The van der Waals surface area contributed by atoms with Crippen molar-refractivity contribution in [1.29, 1.82) is 0 Å². The summed E-state index contributed by atoms with van der Waals surface area (Å²) in [5, 5.41) is 3.14. The molecule has 0 spiro atoms. The van der Waals surface area contributed by atoms with E-state index in [1.807, 2.05) is 14.0 Å². The van der Waals surface area contributed by atoms with Crippen LogP contribution in [0.3, 0.4) is 0 Å². The van der Waals surface area contributed by atoms with E-state index in [2.05, 4.69) is 33.0 Å². The van der Waals surface area contributed by atoms with Gasteiger partial charge in [-0.2, -0.15) is 0 Å². The first kappa shape index (κ1) is 9.52. The van der Waals surface area contributed by atoms with Gasteiger partial charge in [-0.1, -0.05) is 0 Å². The van der Waals surface area contributed by atoms with E-state index in [4.69, 9.17) is 0 Å². The lowest BCUT2D eigenvalue weighted by atomic mass is 10.2. The zero-order chi connectivity index (χ0) is 10.1. The molecule has 4 nitrogen and oxygen atoms in total. The molecule has 1 aliphatic rings. The Morgan fingerprint density at radius 2 is 2.36 bits per heavy atom. The SMILES string of the molecule is CNc1nc(C)cn1C1CCN(C)C1. The Morgan fingerprint density at radius 3 is 2.93 bits per heavy atom. The quantitative estimate of drug-likeness (QED) is 0.765. The first-order valence-electron chi connectivity index (χ1n) is 5.12. The molecule has 0 aromatic carbocycles. The van der Waals surface area contributed by atoms with Crippen molar-refractivity contribution in [2.24, 2.45) is 0 Å². The minimum Gasteiger partial charge on any atom is -0.359 e. The minimum atomic E-state index is 0.587. The molecule has 4 heteroatoms. The second kappa shape index (κ2) is 3.61.